The first kappa shape index (κ1) is 16.3. The van der Waals surface area contributed by atoms with Crippen LogP contribution in [0.2, 0.25) is 5.02 Å². The van der Waals surface area contributed by atoms with Gasteiger partial charge < -0.3 is 14.5 Å². The Balaban J connectivity index is 1.78. The number of para-hydroxylation sites is 1. The monoisotopic (exact) mass is 343 g/mol. The number of anilines is 1. The van der Waals surface area contributed by atoms with E-state index in [4.69, 9.17) is 20.8 Å². The molecule has 0 spiro atoms. The number of nitrogens with one attached hydrogen (secondary N) is 1. The fraction of sp³-hybridized carbons (Fsp3) is 0.222. The molecule has 0 aliphatic carbocycles. The van der Waals surface area contributed by atoms with Gasteiger partial charge in [0, 0.05) is 0 Å². The molecule has 0 bridgehead atoms. The molecule has 24 heavy (non-hydrogen) atoms. The van der Waals surface area contributed by atoms with Crippen molar-refractivity contribution in [1.29, 1.82) is 0 Å². The number of hydrogen-bond acceptors (Lipinski definition) is 5. The third kappa shape index (κ3) is 3.36. The van der Waals surface area contributed by atoms with Crippen molar-refractivity contribution in [2.75, 3.05) is 12.4 Å². The van der Waals surface area contributed by atoms with Crippen LogP contribution in [0.3, 0.4) is 0 Å². The molecule has 0 saturated heterocycles. The molecule has 1 heterocycles. The Hall–Kier alpha value is -2.53. The molecule has 1 aromatic heterocycles. The largest absolute Gasteiger partial charge is 0.496 e. The van der Waals surface area contributed by atoms with Gasteiger partial charge in [-0.3, -0.25) is 0 Å². The van der Waals surface area contributed by atoms with Crippen LogP contribution in [0.15, 0.2) is 40.8 Å². The van der Waals surface area contributed by atoms with Crippen molar-refractivity contribution in [3.05, 3.63) is 58.4 Å². The number of nitrogens with zero attached hydrogens (tertiary/aromatic N) is 2. The van der Waals surface area contributed by atoms with Gasteiger partial charge in [0.15, 0.2) is 0 Å². The van der Waals surface area contributed by atoms with E-state index < -0.39 is 0 Å². The average Bonchev–Trinajstić information content (AvgIpc) is 3.02. The van der Waals surface area contributed by atoms with E-state index in [2.05, 4.69) is 21.6 Å². The summed E-state index contributed by atoms with van der Waals surface area (Å²) in [4.78, 5) is 0. The second-order valence-electron chi connectivity index (χ2n) is 5.49. The molecule has 0 unspecified atom stereocenters. The molecule has 0 saturated carbocycles. The smallest absolute Gasteiger partial charge is 0.251 e. The molecular weight excluding hydrogens is 326 g/mol. The Morgan fingerprint density at radius 1 is 1.17 bits per heavy atom. The Labute approximate surface area is 145 Å². The van der Waals surface area contributed by atoms with Crippen molar-refractivity contribution in [2.24, 2.45) is 0 Å². The Morgan fingerprint density at radius 3 is 2.71 bits per heavy atom. The molecule has 0 amide bonds. The quantitative estimate of drug-likeness (QED) is 0.732. The average molecular weight is 344 g/mol. The molecule has 124 valence electrons. The van der Waals surface area contributed by atoms with Gasteiger partial charge in [0.05, 0.1) is 29.9 Å². The van der Waals surface area contributed by atoms with E-state index in [-0.39, 0.29) is 0 Å². The number of methoxy groups -OCH3 is 1. The molecule has 0 aliphatic rings. The van der Waals surface area contributed by atoms with E-state index in [1.54, 1.807) is 7.11 Å². The summed E-state index contributed by atoms with van der Waals surface area (Å²) in [5.41, 5.74) is 3.84. The normalized spacial score (nSPS) is 10.7. The summed E-state index contributed by atoms with van der Waals surface area (Å²) < 4.78 is 11.0. The van der Waals surface area contributed by atoms with Crippen LogP contribution in [-0.2, 0) is 6.54 Å². The van der Waals surface area contributed by atoms with Crippen molar-refractivity contribution in [3.63, 3.8) is 0 Å². The molecule has 3 rings (SSSR count). The van der Waals surface area contributed by atoms with E-state index in [9.17, 15) is 0 Å². The highest BCUT2D eigenvalue weighted by atomic mass is 35.5. The molecule has 5 nitrogen and oxygen atoms in total. The fourth-order valence-corrected chi connectivity index (χ4v) is 2.95. The molecule has 6 heteroatoms. The third-order valence-electron chi connectivity index (χ3n) is 3.65. The lowest BCUT2D eigenvalue weighted by Gasteiger charge is -2.10. The van der Waals surface area contributed by atoms with E-state index in [0.717, 1.165) is 22.4 Å². The molecule has 0 radical (unpaired) electrons. The lowest BCUT2D eigenvalue weighted by molar-refractivity contribution is 0.413. The summed E-state index contributed by atoms with van der Waals surface area (Å²) in [6, 6.07) is 11.5. The van der Waals surface area contributed by atoms with Crippen LogP contribution < -0.4 is 10.1 Å². The first-order chi connectivity index (χ1) is 11.6. The number of ether oxygens (including phenoxy) is 1. The lowest BCUT2D eigenvalue weighted by Crippen LogP contribution is -2.02. The van der Waals surface area contributed by atoms with Gasteiger partial charge in [-0.25, -0.2) is 0 Å². The summed E-state index contributed by atoms with van der Waals surface area (Å²) in [7, 11) is 1.61. The molecular formula is C18H18ClN3O2. The van der Waals surface area contributed by atoms with Crippen LogP contribution >= 0.6 is 11.6 Å². The highest BCUT2D eigenvalue weighted by Gasteiger charge is 2.13. The second kappa shape index (κ2) is 6.93. The summed E-state index contributed by atoms with van der Waals surface area (Å²) >= 11 is 6.30. The number of benzene rings is 2. The molecule has 3 aromatic rings. The predicted octanol–water partition coefficient (Wildman–Crippen LogP) is 4.63. The standard InChI is InChI=1S/C18H18ClN3O2/c1-11-8-12(2)17(14(19)9-11)20-10-16-21-22-18(24-16)13-6-4-5-7-15(13)23-3/h4-9,20H,10H2,1-3H3. The summed E-state index contributed by atoms with van der Waals surface area (Å²) in [5, 5.41) is 12.1. The number of hydrogen-bond donors (Lipinski definition) is 1. The fourth-order valence-electron chi connectivity index (χ4n) is 2.56. The topological polar surface area (TPSA) is 60.2 Å². The maximum absolute atomic E-state index is 6.30. The van der Waals surface area contributed by atoms with Gasteiger partial charge in [0.1, 0.15) is 5.75 Å². The van der Waals surface area contributed by atoms with Gasteiger partial charge in [-0.2, -0.15) is 0 Å². The van der Waals surface area contributed by atoms with Crippen LogP contribution in [0, 0.1) is 13.8 Å². The number of aryl methyl sites for hydroxylation is 2. The zero-order valence-corrected chi connectivity index (χ0v) is 14.5. The predicted molar refractivity (Wildman–Crippen MR) is 94.5 cm³/mol. The van der Waals surface area contributed by atoms with Crippen molar-refractivity contribution in [3.8, 4) is 17.2 Å². The number of aromatic nitrogens is 2. The van der Waals surface area contributed by atoms with Gasteiger partial charge in [-0.1, -0.05) is 29.8 Å². The minimum absolute atomic E-state index is 0.395. The van der Waals surface area contributed by atoms with Crippen molar-refractivity contribution in [2.45, 2.75) is 20.4 Å². The van der Waals surface area contributed by atoms with Crippen molar-refractivity contribution < 1.29 is 9.15 Å². The van der Waals surface area contributed by atoms with Crippen LogP contribution in [0.4, 0.5) is 5.69 Å². The van der Waals surface area contributed by atoms with E-state index in [0.29, 0.717) is 29.1 Å². The first-order valence-electron chi connectivity index (χ1n) is 7.55. The highest BCUT2D eigenvalue weighted by molar-refractivity contribution is 6.33. The summed E-state index contributed by atoms with van der Waals surface area (Å²) in [6.45, 7) is 4.42. The van der Waals surface area contributed by atoms with Crippen LogP contribution in [0.5, 0.6) is 5.75 Å². The van der Waals surface area contributed by atoms with E-state index >= 15 is 0 Å². The molecule has 1 N–H and O–H groups in total. The van der Waals surface area contributed by atoms with E-state index in [1.807, 2.05) is 44.2 Å². The van der Waals surface area contributed by atoms with Crippen molar-refractivity contribution in [1.82, 2.24) is 10.2 Å². The summed E-state index contributed by atoms with van der Waals surface area (Å²) in [5.74, 6) is 1.60. The Bertz CT molecular complexity index is 838. The number of halogens is 1. The number of rotatable bonds is 5. The lowest BCUT2D eigenvalue weighted by atomic mass is 10.1. The zero-order valence-electron chi connectivity index (χ0n) is 13.8. The molecule has 0 atom stereocenters. The van der Waals surface area contributed by atoms with Gasteiger partial charge in [0.2, 0.25) is 5.89 Å². The van der Waals surface area contributed by atoms with Crippen molar-refractivity contribution >= 4 is 17.3 Å². The van der Waals surface area contributed by atoms with Crippen LogP contribution in [0.1, 0.15) is 17.0 Å². The minimum Gasteiger partial charge on any atom is -0.496 e. The minimum atomic E-state index is 0.395. The van der Waals surface area contributed by atoms with Gasteiger partial charge in [0.25, 0.3) is 5.89 Å². The second-order valence-corrected chi connectivity index (χ2v) is 5.90. The van der Waals surface area contributed by atoms with Gasteiger partial charge in [-0.05, 0) is 43.2 Å². The zero-order chi connectivity index (χ0) is 17.1. The van der Waals surface area contributed by atoms with Gasteiger partial charge in [-0.15, -0.1) is 10.2 Å². The van der Waals surface area contributed by atoms with Crippen LogP contribution in [0.25, 0.3) is 11.5 Å². The molecule has 0 fully saturated rings. The first-order valence-corrected chi connectivity index (χ1v) is 7.92. The summed E-state index contributed by atoms with van der Waals surface area (Å²) in [6.07, 6.45) is 0. The SMILES string of the molecule is COc1ccccc1-c1nnc(CNc2c(C)cc(C)cc2Cl)o1. The third-order valence-corrected chi connectivity index (χ3v) is 3.95. The van der Waals surface area contributed by atoms with Gasteiger partial charge >= 0.3 is 0 Å². The maximum atomic E-state index is 6.30. The molecule has 0 aliphatic heterocycles. The molecule has 2 aromatic carbocycles. The Morgan fingerprint density at radius 2 is 1.96 bits per heavy atom. The van der Waals surface area contributed by atoms with Crippen LogP contribution in [-0.4, -0.2) is 17.3 Å². The highest BCUT2D eigenvalue weighted by Crippen LogP contribution is 2.30. The Kier molecular flexibility index (Phi) is 4.71. The maximum Gasteiger partial charge on any atom is 0.251 e. The van der Waals surface area contributed by atoms with E-state index in [1.165, 1.54) is 0 Å².